The van der Waals surface area contributed by atoms with Gasteiger partial charge in [0.05, 0.1) is 0 Å². The third-order valence-corrected chi connectivity index (χ3v) is 3.56. The Morgan fingerprint density at radius 2 is 2.25 bits per heavy atom. The molecule has 2 N–H and O–H groups in total. The third kappa shape index (κ3) is 4.77. The number of hydrogen-bond acceptors (Lipinski definition) is 3. The summed E-state index contributed by atoms with van der Waals surface area (Å²) >= 11 is 1.76. The number of hydrogen-bond donors (Lipinski definition) is 2. The summed E-state index contributed by atoms with van der Waals surface area (Å²) in [4.78, 5) is 12.8. The zero-order chi connectivity index (χ0) is 11.8. The summed E-state index contributed by atoms with van der Waals surface area (Å²) in [6.07, 6.45) is 2.46. The molecule has 1 heterocycles. The molecule has 0 saturated heterocycles. The van der Waals surface area contributed by atoms with Gasteiger partial charge < -0.3 is 10.6 Å². The molecule has 3 nitrogen and oxygen atoms in total. The van der Waals surface area contributed by atoms with Crippen LogP contribution in [0, 0.1) is 6.92 Å². The highest BCUT2D eigenvalue weighted by Crippen LogP contribution is 2.15. The molecule has 0 aromatic carbocycles. The number of carbonyl (C=O) groups excluding carboxylic acids is 1. The van der Waals surface area contributed by atoms with Crippen LogP contribution in [-0.4, -0.2) is 26.0 Å². The molecule has 0 aliphatic rings. The maximum atomic E-state index is 11.4. The average Bonchev–Trinajstić information content (AvgIpc) is 2.65. The van der Waals surface area contributed by atoms with Gasteiger partial charge in [0.15, 0.2) is 0 Å². The molecule has 1 amide bonds. The lowest BCUT2D eigenvalue weighted by Crippen LogP contribution is -2.26. The Kier molecular flexibility index (Phi) is 6.11. The first-order chi connectivity index (χ1) is 7.74. The van der Waals surface area contributed by atoms with Crippen LogP contribution in [0.1, 0.15) is 23.3 Å². The van der Waals surface area contributed by atoms with E-state index in [-0.39, 0.29) is 5.91 Å². The number of amides is 1. The largest absolute Gasteiger partial charge is 0.356 e. The minimum absolute atomic E-state index is 0.157. The van der Waals surface area contributed by atoms with Gasteiger partial charge in [-0.25, -0.2) is 0 Å². The molecule has 0 atom stereocenters. The molecule has 0 aliphatic heterocycles. The summed E-state index contributed by atoms with van der Waals surface area (Å²) in [5.41, 5.74) is 1.33. The van der Waals surface area contributed by atoms with Crippen LogP contribution in [0.2, 0.25) is 0 Å². The molecular formula is C12H20N2OS. The Bertz CT molecular complexity index is 323. The van der Waals surface area contributed by atoms with E-state index in [1.807, 2.05) is 7.05 Å². The van der Waals surface area contributed by atoms with Crippen LogP contribution in [0.5, 0.6) is 0 Å². The molecule has 1 aromatic rings. The molecule has 0 bridgehead atoms. The Morgan fingerprint density at radius 1 is 1.44 bits per heavy atom. The first kappa shape index (κ1) is 13.2. The molecule has 0 unspecified atom stereocenters. The van der Waals surface area contributed by atoms with E-state index in [2.05, 4.69) is 29.0 Å². The number of carbonyl (C=O) groups is 1. The predicted molar refractivity (Wildman–Crippen MR) is 68.9 cm³/mol. The minimum atomic E-state index is 0.157. The van der Waals surface area contributed by atoms with E-state index in [1.165, 1.54) is 10.4 Å². The number of rotatable bonds is 7. The van der Waals surface area contributed by atoms with E-state index in [9.17, 15) is 4.79 Å². The van der Waals surface area contributed by atoms with Crippen molar-refractivity contribution >= 4 is 17.2 Å². The molecule has 1 aromatic heterocycles. The average molecular weight is 240 g/mol. The fourth-order valence-electron chi connectivity index (χ4n) is 1.49. The van der Waals surface area contributed by atoms with E-state index >= 15 is 0 Å². The topological polar surface area (TPSA) is 41.1 Å². The predicted octanol–water partition coefficient (Wildman–Crippen LogP) is 1.71. The number of nitrogens with one attached hydrogen (secondary N) is 2. The van der Waals surface area contributed by atoms with Crippen molar-refractivity contribution in [2.75, 3.05) is 20.1 Å². The summed E-state index contributed by atoms with van der Waals surface area (Å²) in [6.45, 7) is 3.76. The molecule has 0 fully saturated rings. The van der Waals surface area contributed by atoms with Gasteiger partial charge in [0.1, 0.15) is 0 Å². The van der Waals surface area contributed by atoms with E-state index in [4.69, 9.17) is 0 Å². The molecule has 0 radical (unpaired) electrons. The van der Waals surface area contributed by atoms with Gasteiger partial charge in [0.2, 0.25) is 5.91 Å². The van der Waals surface area contributed by atoms with Crippen LogP contribution >= 0.6 is 11.3 Å². The maximum absolute atomic E-state index is 11.4. The molecular weight excluding hydrogens is 220 g/mol. The maximum Gasteiger partial charge on any atom is 0.220 e. The van der Waals surface area contributed by atoms with Crippen molar-refractivity contribution in [1.82, 2.24) is 10.6 Å². The van der Waals surface area contributed by atoms with Gasteiger partial charge in [-0.05, 0) is 50.4 Å². The first-order valence-corrected chi connectivity index (χ1v) is 6.56. The van der Waals surface area contributed by atoms with Gasteiger partial charge >= 0.3 is 0 Å². The standard InChI is InChI=1S/C12H20N2OS/c1-10-6-9-16-11(10)5-8-14-12(15)4-3-7-13-2/h6,9,13H,3-5,7-8H2,1-2H3,(H,14,15). The lowest BCUT2D eigenvalue weighted by molar-refractivity contribution is -0.121. The van der Waals surface area contributed by atoms with Crippen molar-refractivity contribution in [3.8, 4) is 0 Å². The van der Waals surface area contributed by atoms with Crippen LogP contribution in [0.15, 0.2) is 11.4 Å². The summed E-state index contributed by atoms with van der Waals surface area (Å²) in [5.74, 6) is 0.157. The molecule has 0 saturated carbocycles. The van der Waals surface area contributed by atoms with Crippen molar-refractivity contribution in [2.45, 2.75) is 26.2 Å². The quantitative estimate of drug-likeness (QED) is 0.712. The van der Waals surface area contributed by atoms with Gasteiger partial charge in [0.25, 0.3) is 0 Å². The van der Waals surface area contributed by atoms with Crippen LogP contribution in [0.4, 0.5) is 0 Å². The van der Waals surface area contributed by atoms with E-state index in [1.54, 1.807) is 11.3 Å². The zero-order valence-electron chi connectivity index (χ0n) is 10.0. The Hall–Kier alpha value is -0.870. The van der Waals surface area contributed by atoms with Crippen molar-refractivity contribution < 1.29 is 4.79 Å². The summed E-state index contributed by atoms with van der Waals surface area (Å²) in [5, 5.41) is 8.07. The fraction of sp³-hybridized carbons (Fsp3) is 0.583. The second-order valence-corrected chi connectivity index (χ2v) is 4.83. The second kappa shape index (κ2) is 7.41. The van der Waals surface area contributed by atoms with Crippen molar-refractivity contribution in [3.05, 3.63) is 21.9 Å². The third-order valence-electron chi connectivity index (χ3n) is 2.47. The first-order valence-electron chi connectivity index (χ1n) is 5.68. The Morgan fingerprint density at radius 3 is 2.88 bits per heavy atom. The molecule has 4 heteroatoms. The van der Waals surface area contributed by atoms with E-state index in [0.717, 1.165) is 25.9 Å². The zero-order valence-corrected chi connectivity index (χ0v) is 10.8. The minimum Gasteiger partial charge on any atom is -0.356 e. The fourth-order valence-corrected chi connectivity index (χ4v) is 2.40. The van der Waals surface area contributed by atoms with E-state index in [0.29, 0.717) is 6.42 Å². The van der Waals surface area contributed by atoms with Crippen LogP contribution < -0.4 is 10.6 Å². The lowest BCUT2D eigenvalue weighted by Gasteiger charge is -2.04. The highest BCUT2D eigenvalue weighted by Gasteiger charge is 2.02. The molecule has 0 spiro atoms. The normalized spacial score (nSPS) is 10.4. The molecule has 90 valence electrons. The summed E-state index contributed by atoms with van der Waals surface area (Å²) in [6, 6.07) is 2.12. The smallest absolute Gasteiger partial charge is 0.220 e. The molecule has 1 rings (SSSR count). The van der Waals surface area contributed by atoms with Gasteiger partial charge in [-0.2, -0.15) is 0 Å². The SMILES string of the molecule is CNCCCC(=O)NCCc1sccc1C. The lowest BCUT2D eigenvalue weighted by atomic mass is 10.2. The highest BCUT2D eigenvalue weighted by atomic mass is 32.1. The van der Waals surface area contributed by atoms with E-state index < -0.39 is 0 Å². The Balaban J connectivity index is 2.11. The summed E-state index contributed by atoms with van der Waals surface area (Å²) in [7, 11) is 1.90. The van der Waals surface area contributed by atoms with Gasteiger partial charge in [-0.15, -0.1) is 11.3 Å². The highest BCUT2D eigenvalue weighted by molar-refractivity contribution is 7.10. The van der Waals surface area contributed by atoms with Crippen LogP contribution in [-0.2, 0) is 11.2 Å². The van der Waals surface area contributed by atoms with Crippen molar-refractivity contribution in [2.24, 2.45) is 0 Å². The molecule has 16 heavy (non-hydrogen) atoms. The Labute approximate surface area is 101 Å². The van der Waals surface area contributed by atoms with Gasteiger partial charge in [-0.3, -0.25) is 4.79 Å². The van der Waals surface area contributed by atoms with Crippen LogP contribution in [0.25, 0.3) is 0 Å². The van der Waals surface area contributed by atoms with Crippen LogP contribution in [0.3, 0.4) is 0 Å². The number of aryl methyl sites for hydroxylation is 1. The number of thiophene rings is 1. The summed E-state index contributed by atoms with van der Waals surface area (Å²) < 4.78 is 0. The second-order valence-electron chi connectivity index (χ2n) is 3.83. The van der Waals surface area contributed by atoms with Gasteiger partial charge in [0, 0.05) is 17.8 Å². The monoisotopic (exact) mass is 240 g/mol. The van der Waals surface area contributed by atoms with Crippen molar-refractivity contribution in [3.63, 3.8) is 0 Å². The van der Waals surface area contributed by atoms with Crippen molar-refractivity contribution in [1.29, 1.82) is 0 Å². The van der Waals surface area contributed by atoms with Gasteiger partial charge in [-0.1, -0.05) is 0 Å². The molecule has 0 aliphatic carbocycles.